The first-order valence-electron chi connectivity index (χ1n) is 7.01. The maximum absolute atomic E-state index is 9.31. The van der Waals surface area contributed by atoms with Crippen LogP contribution in [0, 0.1) is 18.3 Å². The molecule has 4 heteroatoms. The number of anilines is 1. The van der Waals surface area contributed by atoms with Crippen LogP contribution in [0.2, 0.25) is 0 Å². The Morgan fingerprint density at radius 3 is 2.74 bits per heavy atom. The molecule has 1 aromatic rings. The first-order chi connectivity index (χ1) is 9.26. The summed E-state index contributed by atoms with van der Waals surface area (Å²) in [5.41, 5.74) is 1.51. The molecule has 1 saturated carbocycles. The van der Waals surface area contributed by atoms with Crippen molar-refractivity contribution in [2.45, 2.75) is 45.1 Å². The minimum atomic E-state index is 0.0942. The van der Waals surface area contributed by atoms with Crippen LogP contribution in [0.5, 0.6) is 0 Å². The second-order valence-corrected chi connectivity index (χ2v) is 5.14. The summed E-state index contributed by atoms with van der Waals surface area (Å²) in [5.74, 6) is 0.739. The van der Waals surface area contributed by atoms with Crippen LogP contribution in [-0.4, -0.2) is 29.3 Å². The quantitative estimate of drug-likeness (QED) is 0.902. The van der Waals surface area contributed by atoms with Crippen LogP contribution in [-0.2, 0) is 0 Å². The van der Waals surface area contributed by atoms with E-state index in [-0.39, 0.29) is 6.61 Å². The van der Waals surface area contributed by atoms with Crippen LogP contribution in [0.1, 0.15) is 43.4 Å². The summed E-state index contributed by atoms with van der Waals surface area (Å²) >= 11 is 0. The van der Waals surface area contributed by atoms with Gasteiger partial charge < -0.3 is 10.0 Å². The molecule has 2 rings (SSSR count). The van der Waals surface area contributed by atoms with Gasteiger partial charge in [-0.2, -0.15) is 5.26 Å². The number of aliphatic hydroxyl groups is 1. The summed E-state index contributed by atoms with van der Waals surface area (Å²) in [4.78, 5) is 6.66. The zero-order chi connectivity index (χ0) is 13.7. The van der Waals surface area contributed by atoms with Crippen molar-refractivity contribution in [3.63, 3.8) is 0 Å². The van der Waals surface area contributed by atoms with Crippen LogP contribution in [0.4, 0.5) is 5.82 Å². The van der Waals surface area contributed by atoms with Crippen LogP contribution in [0.25, 0.3) is 0 Å². The Hall–Kier alpha value is -1.60. The summed E-state index contributed by atoms with van der Waals surface area (Å²) < 4.78 is 0. The molecule has 0 spiro atoms. The monoisotopic (exact) mass is 259 g/mol. The van der Waals surface area contributed by atoms with E-state index in [1.807, 2.05) is 19.1 Å². The summed E-state index contributed by atoms with van der Waals surface area (Å²) in [6.45, 7) is 2.58. The van der Waals surface area contributed by atoms with Crippen LogP contribution < -0.4 is 4.90 Å². The maximum Gasteiger partial charge on any atom is 0.147 e. The summed E-state index contributed by atoms with van der Waals surface area (Å²) in [6.07, 6.45) is 5.98. The third-order valence-electron chi connectivity index (χ3n) is 3.76. The van der Waals surface area contributed by atoms with Crippen molar-refractivity contribution >= 4 is 5.82 Å². The molecule has 0 atom stereocenters. The summed E-state index contributed by atoms with van der Waals surface area (Å²) in [6, 6.07) is 6.31. The molecule has 0 bridgehead atoms. The standard InChI is InChI=1S/C15H21N3O/c1-12-7-8-13(11-16)15(17-12)18(9-10-19)14-5-3-2-4-6-14/h7-8,14,19H,2-6,9-10H2,1H3. The number of pyridine rings is 1. The molecule has 0 unspecified atom stereocenters. The molecule has 0 saturated heterocycles. The SMILES string of the molecule is Cc1ccc(C#N)c(N(CCO)C2CCCCC2)n1. The Labute approximate surface area is 114 Å². The highest BCUT2D eigenvalue weighted by Crippen LogP contribution is 2.28. The second kappa shape index (κ2) is 6.53. The van der Waals surface area contributed by atoms with Crippen LogP contribution >= 0.6 is 0 Å². The van der Waals surface area contributed by atoms with Crippen molar-refractivity contribution in [3.05, 3.63) is 23.4 Å². The van der Waals surface area contributed by atoms with Crippen molar-refractivity contribution in [1.82, 2.24) is 4.98 Å². The van der Waals surface area contributed by atoms with Crippen molar-refractivity contribution in [3.8, 4) is 6.07 Å². The van der Waals surface area contributed by atoms with Gasteiger partial charge in [0.2, 0.25) is 0 Å². The number of nitrogens with zero attached hydrogens (tertiary/aromatic N) is 3. The van der Waals surface area contributed by atoms with Gasteiger partial charge in [0.15, 0.2) is 0 Å². The molecule has 1 aliphatic carbocycles. The van der Waals surface area contributed by atoms with E-state index in [4.69, 9.17) is 0 Å². The van der Waals surface area contributed by atoms with E-state index in [2.05, 4.69) is 16.0 Å². The number of aliphatic hydroxyl groups excluding tert-OH is 1. The lowest BCUT2D eigenvalue weighted by atomic mass is 9.94. The minimum Gasteiger partial charge on any atom is -0.395 e. The fourth-order valence-electron chi connectivity index (χ4n) is 2.81. The Morgan fingerprint density at radius 2 is 2.11 bits per heavy atom. The van der Waals surface area contributed by atoms with Gasteiger partial charge in [-0.15, -0.1) is 0 Å². The molecule has 1 fully saturated rings. The van der Waals surface area contributed by atoms with Gasteiger partial charge in [0.1, 0.15) is 11.9 Å². The average Bonchev–Trinajstić information content (AvgIpc) is 2.45. The van der Waals surface area contributed by atoms with E-state index < -0.39 is 0 Å². The zero-order valence-electron chi connectivity index (χ0n) is 11.5. The zero-order valence-corrected chi connectivity index (χ0v) is 11.5. The molecule has 1 N–H and O–H groups in total. The molecule has 19 heavy (non-hydrogen) atoms. The first kappa shape index (κ1) is 13.8. The van der Waals surface area contributed by atoms with E-state index in [0.29, 0.717) is 18.2 Å². The van der Waals surface area contributed by atoms with Crippen LogP contribution in [0.3, 0.4) is 0 Å². The minimum absolute atomic E-state index is 0.0942. The fraction of sp³-hybridized carbons (Fsp3) is 0.600. The maximum atomic E-state index is 9.31. The van der Waals surface area contributed by atoms with Crippen molar-refractivity contribution in [1.29, 1.82) is 5.26 Å². The van der Waals surface area contributed by atoms with Gasteiger partial charge >= 0.3 is 0 Å². The summed E-state index contributed by atoms with van der Waals surface area (Å²) in [5, 5.41) is 18.6. The number of aromatic nitrogens is 1. The Kier molecular flexibility index (Phi) is 4.75. The third-order valence-corrected chi connectivity index (χ3v) is 3.76. The van der Waals surface area contributed by atoms with Crippen LogP contribution in [0.15, 0.2) is 12.1 Å². The highest BCUT2D eigenvalue weighted by atomic mass is 16.3. The molecular formula is C15H21N3O. The summed E-state index contributed by atoms with van der Waals surface area (Å²) in [7, 11) is 0. The van der Waals surface area contributed by atoms with Gasteiger partial charge in [-0.3, -0.25) is 0 Å². The predicted molar refractivity (Wildman–Crippen MR) is 75.0 cm³/mol. The predicted octanol–water partition coefficient (Wildman–Crippen LogP) is 2.39. The average molecular weight is 259 g/mol. The topological polar surface area (TPSA) is 60.2 Å². The molecule has 102 valence electrons. The largest absolute Gasteiger partial charge is 0.395 e. The van der Waals surface area contributed by atoms with Gasteiger partial charge in [0.05, 0.1) is 12.2 Å². The molecule has 0 aliphatic heterocycles. The lowest BCUT2D eigenvalue weighted by Crippen LogP contribution is -2.40. The highest BCUT2D eigenvalue weighted by Gasteiger charge is 2.24. The first-order valence-corrected chi connectivity index (χ1v) is 7.01. The van der Waals surface area contributed by atoms with Gasteiger partial charge in [-0.1, -0.05) is 19.3 Å². The number of nitriles is 1. The fourth-order valence-corrected chi connectivity index (χ4v) is 2.81. The Morgan fingerprint density at radius 1 is 1.37 bits per heavy atom. The Balaban J connectivity index is 2.32. The van der Waals surface area contributed by atoms with Gasteiger partial charge in [0, 0.05) is 18.3 Å². The van der Waals surface area contributed by atoms with Gasteiger partial charge in [-0.05, 0) is 31.9 Å². The van der Waals surface area contributed by atoms with Gasteiger partial charge in [0.25, 0.3) is 0 Å². The van der Waals surface area contributed by atoms with E-state index in [9.17, 15) is 10.4 Å². The third kappa shape index (κ3) is 3.24. The number of aryl methyl sites for hydroxylation is 1. The van der Waals surface area contributed by atoms with Gasteiger partial charge in [-0.25, -0.2) is 4.98 Å². The lowest BCUT2D eigenvalue weighted by Gasteiger charge is -2.35. The number of rotatable bonds is 4. The molecule has 1 aliphatic rings. The number of hydrogen-bond donors (Lipinski definition) is 1. The molecule has 4 nitrogen and oxygen atoms in total. The molecular weight excluding hydrogens is 238 g/mol. The van der Waals surface area contributed by atoms with E-state index in [1.54, 1.807) is 0 Å². The van der Waals surface area contributed by atoms with E-state index in [0.717, 1.165) is 24.4 Å². The lowest BCUT2D eigenvalue weighted by molar-refractivity contribution is 0.289. The molecule has 0 amide bonds. The second-order valence-electron chi connectivity index (χ2n) is 5.14. The molecule has 1 heterocycles. The van der Waals surface area contributed by atoms with Crippen molar-refractivity contribution in [2.24, 2.45) is 0 Å². The van der Waals surface area contributed by atoms with Crippen molar-refractivity contribution < 1.29 is 5.11 Å². The van der Waals surface area contributed by atoms with E-state index in [1.165, 1.54) is 19.3 Å². The van der Waals surface area contributed by atoms with Crippen molar-refractivity contribution in [2.75, 3.05) is 18.1 Å². The Bertz CT molecular complexity index is 461. The molecule has 0 radical (unpaired) electrons. The normalized spacial score (nSPS) is 16.1. The highest BCUT2D eigenvalue weighted by molar-refractivity contribution is 5.55. The molecule has 0 aromatic carbocycles. The smallest absolute Gasteiger partial charge is 0.147 e. The van der Waals surface area contributed by atoms with E-state index >= 15 is 0 Å². The number of hydrogen-bond acceptors (Lipinski definition) is 4. The molecule has 1 aromatic heterocycles.